The Labute approximate surface area is 128 Å². The van der Waals surface area contributed by atoms with Gasteiger partial charge < -0.3 is 19.3 Å². The molecule has 1 spiro atoms. The highest BCUT2D eigenvalue weighted by atomic mass is 16.7. The Kier molecular flexibility index (Phi) is 3.10. The molecule has 1 N–H and O–H groups in total. The quantitative estimate of drug-likeness (QED) is 0.581. The van der Waals surface area contributed by atoms with Crippen molar-refractivity contribution in [2.24, 2.45) is 23.7 Å². The van der Waals surface area contributed by atoms with Crippen LogP contribution >= 0.6 is 0 Å². The maximum Gasteiger partial charge on any atom is 0.313 e. The standard InChI is InChI=1S/C16H20O6/c1-8-12-11(15(19)22-8)6-9-7-16(20-4-5-21-16)3-2-10(9)13(12)14(17)18/h6,8,10-13H,2-5,7H2,1H3,(H,17,18)/t8-,10-,11-,12-,13?/m1/s1. The molecule has 6 heteroatoms. The molecule has 0 aromatic rings. The number of carboxylic acids is 1. The summed E-state index contributed by atoms with van der Waals surface area (Å²) < 4.78 is 16.8. The zero-order valence-electron chi connectivity index (χ0n) is 12.5. The SMILES string of the molecule is C[C@H]1OC(=O)[C@@H]2C=C3CC4(CC[C@H]3C(C(=O)O)[C@H]12)OCCO4. The number of fused-ring (bicyclic) bond motifs is 2. The topological polar surface area (TPSA) is 82.1 Å². The van der Waals surface area contributed by atoms with E-state index in [0.29, 0.717) is 32.5 Å². The van der Waals surface area contributed by atoms with Gasteiger partial charge in [0.05, 0.1) is 25.0 Å². The van der Waals surface area contributed by atoms with Gasteiger partial charge in [-0.15, -0.1) is 0 Å². The van der Waals surface area contributed by atoms with Crippen LogP contribution in [0.5, 0.6) is 0 Å². The fourth-order valence-electron chi connectivity index (χ4n) is 4.75. The van der Waals surface area contributed by atoms with E-state index in [9.17, 15) is 14.7 Å². The molecule has 1 unspecified atom stereocenters. The lowest BCUT2D eigenvalue weighted by Gasteiger charge is -2.44. The third-order valence-electron chi connectivity index (χ3n) is 5.66. The maximum atomic E-state index is 12.1. The molecule has 4 aliphatic rings. The van der Waals surface area contributed by atoms with Crippen molar-refractivity contribution < 1.29 is 28.9 Å². The largest absolute Gasteiger partial charge is 0.481 e. The first kappa shape index (κ1) is 14.2. The van der Waals surface area contributed by atoms with Crippen LogP contribution in [0.15, 0.2) is 11.6 Å². The molecule has 5 atom stereocenters. The van der Waals surface area contributed by atoms with E-state index in [-0.39, 0.29) is 23.9 Å². The average molecular weight is 308 g/mol. The Hall–Kier alpha value is -1.40. The zero-order valence-corrected chi connectivity index (χ0v) is 12.5. The highest BCUT2D eigenvalue weighted by Gasteiger charge is 2.56. The van der Waals surface area contributed by atoms with Crippen molar-refractivity contribution in [3.63, 3.8) is 0 Å². The van der Waals surface area contributed by atoms with Crippen LogP contribution in [0, 0.1) is 23.7 Å². The first-order valence-electron chi connectivity index (χ1n) is 7.92. The molecule has 6 nitrogen and oxygen atoms in total. The van der Waals surface area contributed by atoms with Crippen molar-refractivity contribution in [1.29, 1.82) is 0 Å². The van der Waals surface area contributed by atoms with Crippen molar-refractivity contribution >= 4 is 11.9 Å². The summed E-state index contributed by atoms with van der Waals surface area (Å²) in [7, 11) is 0. The number of carbonyl (C=O) groups is 2. The molecule has 2 aliphatic carbocycles. The molecule has 2 heterocycles. The van der Waals surface area contributed by atoms with Gasteiger partial charge >= 0.3 is 11.9 Å². The summed E-state index contributed by atoms with van der Waals surface area (Å²) in [5.74, 6) is -3.06. The van der Waals surface area contributed by atoms with Crippen molar-refractivity contribution in [2.75, 3.05) is 13.2 Å². The maximum absolute atomic E-state index is 12.1. The van der Waals surface area contributed by atoms with Crippen LogP contribution in [0.1, 0.15) is 26.2 Å². The summed E-state index contributed by atoms with van der Waals surface area (Å²) in [5.41, 5.74) is 0.993. The van der Waals surface area contributed by atoms with Crippen LogP contribution in [-0.4, -0.2) is 42.1 Å². The molecular weight excluding hydrogens is 288 g/mol. The minimum Gasteiger partial charge on any atom is -0.481 e. The number of ether oxygens (including phenoxy) is 3. The number of carboxylic acid groups (broad SMARTS) is 1. The molecule has 0 aromatic carbocycles. The summed E-state index contributed by atoms with van der Waals surface area (Å²) in [4.78, 5) is 23.9. The highest BCUT2D eigenvalue weighted by Crippen LogP contribution is 2.52. The summed E-state index contributed by atoms with van der Waals surface area (Å²) >= 11 is 0. The lowest BCUT2D eigenvalue weighted by molar-refractivity contribution is -0.178. The van der Waals surface area contributed by atoms with Crippen LogP contribution in [0.3, 0.4) is 0 Å². The molecule has 0 aromatic heterocycles. The summed E-state index contributed by atoms with van der Waals surface area (Å²) in [5, 5.41) is 9.73. The number of aliphatic carboxylic acids is 1. The fraction of sp³-hybridized carbons (Fsp3) is 0.750. The number of cyclic esters (lactones) is 1. The normalized spacial score (nSPS) is 42.5. The Balaban J connectivity index is 1.71. The number of hydrogen-bond donors (Lipinski definition) is 1. The molecule has 4 rings (SSSR count). The second-order valence-corrected chi connectivity index (χ2v) is 6.78. The van der Waals surface area contributed by atoms with Gasteiger partial charge in [0.15, 0.2) is 5.79 Å². The Bertz CT molecular complexity index is 547. The molecule has 22 heavy (non-hydrogen) atoms. The molecule has 2 saturated heterocycles. The molecule has 0 bridgehead atoms. The first-order chi connectivity index (χ1) is 10.5. The first-order valence-corrected chi connectivity index (χ1v) is 7.92. The Morgan fingerprint density at radius 3 is 2.77 bits per heavy atom. The third kappa shape index (κ3) is 1.93. The smallest absolute Gasteiger partial charge is 0.313 e. The highest BCUT2D eigenvalue weighted by molar-refractivity contribution is 5.81. The van der Waals surface area contributed by atoms with E-state index in [4.69, 9.17) is 14.2 Å². The Morgan fingerprint density at radius 2 is 2.09 bits per heavy atom. The molecule has 0 amide bonds. The van der Waals surface area contributed by atoms with Gasteiger partial charge in [0, 0.05) is 18.8 Å². The third-order valence-corrected chi connectivity index (χ3v) is 5.66. The lowest BCUT2D eigenvalue weighted by atomic mass is 9.61. The van der Waals surface area contributed by atoms with E-state index in [1.54, 1.807) is 6.92 Å². The van der Waals surface area contributed by atoms with Gasteiger partial charge in [0.1, 0.15) is 6.10 Å². The van der Waals surface area contributed by atoms with Crippen LogP contribution in [0.25, 0.3) is 0 Å². The van der Waals surface area contributed by atoms with E-state index < -0.39 is 23.6 Å². The average Bonchev–Trinajstić information content (AvgIpc) is 3.02. The predicted molar refractivity (Wildman–Crippen MR) is 73.7 cm³/mol. The van der Waals surface area contributed by atoms with E-state index in [1.807, 2.05) is 6.08 Å². The fourth-order valence-corrected chi connectivity index (χ4v) is 4.75. The molecule has 120 valence electrons. The van der Waals surface area contributed by atoms with Crippen LogP contribution in [0.2, 0.25) is 0 Å². The van der Waals surface area contributed by atoms with Crippen LogP contribution < -0.4 is 0 Å². The number of esters is 1. The van der Waals surface area contributed by atoms with Gasteiger partial charge in [-0.05, 0) is 19.3 Å². The number of rotatable bonds is 1. The molecule has 0 radical (unpaired) electrons. The van der Waals surface area contributed by atoms with E-state index >= 15 is 0 Å². The second kappa shape index (κ2) is 4.80. The van der Waals surface area contributed by atoms with E-state index in [2.05, 4.69) is 0 Å². The van der Waals surface area contributed by atoms with E-state index in [0.717, 1.165) is 5.57 Å². The summed E-state index contributed by atoms with van der Waals surface area (Å²) in [6.45, 7) is 2.95. The van der Waals surface area contributed by atoms with Gasteiger partial charge in [-0.3, -0.25) is 9.59 Å². The molecule has 1 saturated carbocycles. The van der Waals surface area contributed by atoms with Crippen molar-refractivity contribution in [3.8, 4) is 0 Å². The molecule has 2 aliphatic heterocycles. The van der Waals surface area contributed by atoms with Crippen molar-refractivity contribution in [1.82, 2.24) is 0 Å². The minimum atomic E-state index is -0.833. The Morgan fingerprint density at radius 1 is 1.36 bits per heavy atom. The summed E-state index contributed by atoms with van der Waals surface area (Å²) in [6.07, 6.45) is 3.58. The van der Waals surface area contributed by atoms with Gasteiger partial charge in [0.25, 0.3) is 0 Å². The van der Waals surface area contributed by atoms with Gasteiger partial charge in [-0.25, -0.2) is 0 Å². The van der Waals surface area contributed by atoms with Gasteiger partial charge in [-0.2, -0.15) is 0 Å². The molecule has 3 fully saturated rings. The lowest BCUT2D eigenvalue weighted by Crippen LogP contribution is -2.46. The van der Waals surface area contributed by atoms with Crippen LogP contribution in [0.4, 0.5) is 0 Å². The van der Waals surface area contributed by atoms with Gasteiger partial charge in [-0.1, -0.05) is 11.6 Å². The summed E-state index contributed by atoms with van der Waals surface area (Å²) in [6, 6.07) is 0. The minimum absolute atomic E-state index is 0.0471. The van der Waals surface area contributed by atoms with Crippen molar-refractivity contribution in [2.45, 2.75) is 38.1 Å². The van der Waals surface area contributed by atoms with Crippen molar-refractivity contribution in [3.05, 3.63) is 11.6 Å². The number of hydrogen-bond acceptors (Lipinski definition) is 5. The number of carbonyl (C=O) groups excluding carboxylic acids is 1. The molecular formula is C16H20O6. The monoisotopic (exact) mass is 308 g/mol. The second-order valence-electron chi connectivity index (χ2n) is 6.78. The van der Waals surface area contributed by atoms with Crippen LogP contribution in [-0.2, 0) is 23.8 Å². The van der Waals surface area contributed by atoms with E-state index in [1.165, 1.54) is 0 Å². The predicted octanol–water partition coefficient (Wildman–Crippen LogP) is 1.35. The van der Waals surface area contributed by atoms with Gasteiger partial charge in [0.2, 0.25) is 0 Å². The zero-order chi connectivity index (χ0) is 15.5.